The predicted molar refractivity (Wildman–Crippen MR) is 115 cm³/mol. The van der Waals surface area contributed by atoms with Crippen LogP contribution in [0.5, 0.6) is 5.75 Å². The van der Waals surface area contributed by atoms with Crippen LogP contribution in [0.3, 0.4) is 0 Å². The van der Waals surface area contributed by atoms with Crippen molar-refractivity contribution in [1.29, 1.82) is 0 Å². The fourth-order valence-corrected chi connectivity index (χ4v) is 6.00. The highest BCUT2D eigenvalue weighted by molar-refractivity contribution is 7.89. The van der Waals surface area contributed by atoms with E-state index >= 15 is 0 Å². The van der Waals surface area contributed by atoms with E-state index in [0.717, 1.165) is 12.1 Å². The molecule has 3 aliphatic rings. The number of hydrogen-bond donors (Lipinski definition) is 1. The second-order valence-electron chi connectivity index (χ2n) is 8.04. The van der Waals surface area contributed by atoms with E-state index in [1.165, 1.54) is 22.0 Å². The highest BCUT2D eigenvalue weighted by Gasteiger charge is 2.36. The van der Waals surface area contributed by atoms with E-state index in [9.17, 15) is 18.0 Å². The number of carbonyl (C=O) groups excluding carboxylic acids is 2. The lowest BCUT2D eigenvalue weighted by atomic mass is 9.96. The molecule has 2 aromatic rings. The highest BCUT2D eigenvalue weighted by atomic mass is 32.2. The number of benzene rings is 2. The molecule has 0 spiro atoms. The Labute approximate surface area is 180 Å². The number of piperidine rings is 1. The molecule has 5 rings (SSSR count). The van der Waals surface area contributed by atoms with Crippen LogP contribution in [0.1, 0.15) is 18.4 Å². The van der Waals surface area contributed by atoms with Gasteiger partial charge in [-0.2, -0.15) is 4.31 Å². The Bertz CT molecular complexity index is 1160. The van der Waals surface area contributed by atoms with Gasteiger partial charge in [0.05, 0.1) is 10.6 Å². The lowest BCUT2D eigenvalue weighted by molar-refractivity contribution is -0.123. The quantitative estimate of drug-likeness (QED) is 0.786. The van der Waals surface area contributed by atoms with Gasteiger partial charge in [0.2, 0.25) is 15.9 Å². The van der Waals surface area contributed by atoms with E-state index in [4.69, 9.17) is 4.74 Å². The molecule has 162 valence electrons. The zero-order chi connectivity index (χ0) is 21.6. The van der Waals surface area contributed by atoms with Crippen molar-refractivity contribution < 1.29 is 22.7 Å². The van der Waals surface area contributed by atoms with Gasteiger partial charge in [-0.15, -0.1) is 0 Å². The van der Waals surface area contributed by atoms with E-state index in [1.807, 2.05) is 29.2 Å². The summed E-state index contributed by atoms with van der Waals surface area (Å²) in [5.41, 5.74) is 2.51. The highest BCUT2D eigenvalue weighted by Crippen LogP contribution is 2.34. The third-order valence-electron chi connectivity index (χ3n) is 6.18. The normalized spacial score (nSPS) is 19.4. The Hall–Kier alpha value is -2.91. The minimum Gasteiger partial charge on any atom is -0.482 e. The third-order valence-corrected chi connectivity index (χ3v) is 8.07. The summed E-state index contributed by atoms with van der Waals surface area (Å²) >= 11 is 0. The fourth-order valence-electron chi connectivity index (χ4n) is 4.50. The standard InChI is InChI=1S/C22H23N3O5S/c26-21-14-30-20-6-5-17(13-18(20)23-21)31(28,29)24-10-7-16(8-11-24)22(27)25-12-9-15-3-1-2-4-19(15)25/h1-6,13,16H,7-12,14H2,(H,23,26). The average molecular weight is 442 g/mol. The Morgan fingerprint density at radius 2 is 1.84 bits per heavy atom. The summed E-state index contributed by atoms with van der Waals surface area (Å²) < 4.78 is 33.0. The van der Waals surface area contributed by atoms with Crippen molar-refractivity contribution >= 4 is 33.2 Å². The van der Waals surface area contributed by atoms with Crippen LogP contribution in [0.4, 0.5) is 11.4 Å². The summed E-state index contributed by atoms with van der Waals surface area (Å²) in [5.74, 6) is 0.0306. The number of fused-ring (bicyclic) bond motifs is 2. The molecule has 8 nitrogen and oxygen atoms in total. The second kappa shape index (κ2) is 7.65. The molecule has 0 unspecified atom stereocenters. The van der Waals surface area contributed by atoms with Crippen molar-refractivity contribution in [3.8, 4) is 5.75 Å². The van der Waals surface area contributed by atoms with Gasteiger partial charge < -0.3 is 15.0 Å². The van der Waals surface area contributed by atoms with E-state index < -0.39 is 10.0 Å². The molecule has 0 bridgehead atoms. The largest absolute Gasteiger partial charge is 0.482 e. The minimum absolute atomic E-state index is 0.0793. The number of carbonyl (C=O) groups is 2. The van der Waals surface area contributed by atoms with E-state index in [0.29, 0.717) is 30.8 Å². The van der Waals surface area contributed by atoms with Crippen LogP contribution in [0.15, 0.2) is 47.4 Å². The molecule has 1 saturated heterocycles. The average Bonchev–Trinajstić information content (AvgIpc) is 3.22. The number of hydrogen-bond acceptors (Lipinski definition) is 5. The molecule has 0 atom stereocenters. The van der Waals surface area contributed by atoms with Crippen molar-refractivity contribution in [2.75, 3.05) is 36.5 Å². The summed E-state index contributed by atoms with van der Waals surface area (Å²) in [6.45, 7) is 1.17. The molecule has 0 aliphatic carbocycles. The first-order valence-electron chi connectivity index (χ1n) is 10.4. The number of sulfonamides is 1. The van der Waals surface area contributed by atoms with Gasteiger partial charge in [-0.05, 0) is 49.1 Å². The van der Waals surface area contributed by atoms with Gasteiger partial charge >= 0.3 is 0 Å². The molecule has 0 aromatic heterocycles. The van der Waals surface area contributed by atoms with Crippen LogP contribution >= 0.6 is 0 Å². The Balaban J connectivity index is 1.28. The van der Waals surface area contributed by atoms with Crippen LogP contribution < -0.4 is 15.0 Å². The van der Waals surface area contributed by atoms with Crippen molar-refractivity contribution in [3.05, 3.63) is 48.0 Å². The number of ether oxygens (including phenoxy) is 1. The SMILES string of the molecule is O=C1COc2ccc(S(=O)(=O)N3CCC(C(=O)N4CCc5ccccc54)CC3)cc2N1. The lowest BCUT2D eigenvalue weighted by Gasteiger charge is -2.32. The monoisotopic (exact) mass is 441 g/mol. The Morgan fingerprint density at radius 1 is 1.06 bits per heavy atom. The van der Waals surface area contributed by atoms with Crippen LogP contribution in [0.25, 0.3) is 0 Å². The van der Waals surface area contributed by atoms with Crippen molar-refractivity contribution in [2.24, 2.45) is 5.92 Å². The number of rotatable bonds is 3. The summed E-state index contributed by atoms with van der Waals surface area (Å²) in [7, 11) is -3.73. The van der Waals surface area contributed by atoms with E-state index in [1.54, 1.807) is 6.07 Å². The first-order chi connectivity index (χ1) is 14.9. The van der Waals surface area contributed by atoms with Gasteiger partial charge in [-0.1, -0.05) is 18.2 Å². The molecular weight excluding hydrogens is 418 g/mol. The fraction of sp³-hybridized carbons (Fsp3) is 0.364. The van der Waals surface area contributed by atoms with Crippen molar-refractivity contribution in [2.45, 2.75) is 24.2 Å². The first kappa shape index (κ1) is 20.0. The molecular formula is C22H23N3O5S. The third kappa shape index (κ3) is 3.57. The van der Waals surface area contributed by atoms with Crippen molar-refractivity contribution in [1.82, 2.24) is 4.31 Å². The van der Waals surface area contributed by atoms with Crippen LogP contribution in [0, 0.1) is 5.92 Å². The molecule has 1 N–H and O–H groups in total. The summed E-state index contributed by atoms with van der Waals surface area (Å²) in [6, 6.07) is 12.4. The maximum Gasteiger partial charge on any atom is 0.262 e. The number of para-hydroxylation sites is 1. The number of anilines is 2. The van der Waals surface area contributed by atoms with Crippen molar-refractivity contribution in [3.63, 3.8) is 0 Å². The van der Waals surface area contributed by atoms with Gasteiger partial charge in [-0.25, -0.2) is 8.42 Å². The summed E-state index contributed by atoms with van der Waals surface area (Å²) in [4.78, 5) is 26.6. The Kier molecular flexibility index (Phi) is 4.94. The maximum absolute atomic E-state index is 13.1. The number of nitrogens with zero attached hydrogens (tertiary/aromatic N) is 2. The molecule has 9 heteroatoms. The van der Waals surface area contributed by atoms with Gasteiger partial charge in [-0.3, -0.25) is 9.59 Å². The van der Waals surface area contributed by atoms with Gasteiger partial charge in [0.1, 0.15) is 5.75 Å². The lowest BCUT2D eigenvalue weighted by Crippen LogP contribution is -2.44. The molecule has 1 fully saturated rings. The zero-order valence-electron chi connectivity index (χ0n) is 16.9. The molecule has 3 heterocycles. The first-order valence-corrected chi connectivity index (χ1v) is 11.8. The van der Waals surface area contributed by atoms with E-state index in [2.05, 4.69) is 5.32 Å². The van der Waals surface area contributed by atoms with Gasteiger partial charge in [0.15, 0.2) is 6.61 Å². The van der Waals surface area contributed by atoms with Crippen LogP contribution in [-0.2, 0) is 26.0 Å². The number of nitrogens with one attached hydrogen (secondary N) is 1. The molecule has 2 amide bonds. The molecule has 0 saturated carbocycles. The van der Waals surface area contributed by atoms with E-state index in [-0.39, 0.29) is 42.3 Å². The molecule has 2 aromatic carbocycles. The summed E-state index contributed by atoms with van der Waals surface area (Å²) in [6.07, 6.45) is 1.83. The van der Waals surface area contributed by atoms with Gasteiger partial charge in [0, 0.05) is 31.2 Å². The van der Waals surface area contributed by atoms with Crippen LogP contribution in [-0.4, -0.2) is 50.8 Å². The van der Waals surface area contributed by atoms with Crippen LogP contribution in [0.2, 0.25) is 0 Å². The topological polar surface area (TPSA) is 96.0 Å². The second-order valence-corrected chi connectivity index (χ2v) is 9.98. The Morgan fingerprint density at radius 3 is 2.65 bits per heavy atom. The van der Waals surface area contributed by atoms with Gasteiger partial charge in [0.25, 0.3) is 5.91 Å². The maximum atomic E-state index is 13.1. The number of amides is 2. The smallest absolute Gasteiger partial charge is 0.262 e. The molecule has 31 heavy (non-hydrogen) atoms. The summed E-state index contributed by atoms with van der Waals surface area (Å²) in [5, 5.41) is 2.64. The minimum atomic E-state index is -3.73. The zero-order valence-corrected chi connectivity index (χ0v) is 17.7. The predicted octanol–water partition coefficient (Wildman–Crippen LogP) is 2.01. The molecule has 3 aliphatic heterocycles. The molecule has 0 radical (unpaired) electrons.